The number of aliphatic hydroxyl groups excluding tert-OH is 3. The van der Waals surface area contributed by atoms with E-state index in [-0.39, 0.29) is 36.5 Å². The molecule has 0 saturated heterocycles. The maximum atomic E-state index is 13.8. The van der Waals surface area contributed by atoms with Crippen LogP contribution in [0.3, 0.4) is 0 Å². The average molecular weight is 815 g/mol. The first kappa shape index (κ1) is 47.2. The van der Waals surface area contributed by atoms with Gasteiger partial charge < -0.3 is 62.3 Å². The fourth-order valence-electron chi connectivity index (χ4n) is 5.18. The van der Waals surface area contributed by atoms with Crippen LogP contribution in [0.2, 0.25) is 0 Å². The Morgan fingerprint density at radius 3 is 1.62 bits per heavy atom. The number of carboxylic acid groups (broad SMARTS) is 1. The van der Waals surface area contributed by atoms with Crippen LogP contribution < -0.4 is 36.8 Å². The molecule has 2 aromatic rings. The summed E-state index contributed by atoms with van der Waals surface area (Å²) in [7, 11) is -4.92. The Kier molecular flexibility index (Phi) is 18.0. The summed E-state index contributed by atoms with van der Waals surface area (Å²) in [6.07, 6.45) is -2.34. The highest BCUT2D eigenvalue weighted by atomic mass is 31.2. The quantitative estimate of drug-likeness (QED) is 0.0518. The Morgan fingerprint density at radius 1 is 0.732 bits per heavy atom. The van der Waals surface area contributed by atoms with Gasteiger partial charge in [0.05, 0.1) is 30.7 Å². The molecule has 0 fully saturated rings. The van der Waals surface area contributed by atoms with Gasteiger partial charge in [0.15, 0.2) is 0 Å². The first-order chi connectivity index (χ1) is 26.0. The van der Waals surface area contributed by atoms with Gasteiger partial charge in [-0.3, -0.25) is 33.8 Å². The molecule has 0 aliphatic rings. The zero-order valence-electron chi connectivity index (χ0n) is 31.3. The minimum atomic E-state index is -4.92. The Balaban J connectivity index is 2.37. The molecule has 312 valence electrons. The van der Waals surface area contributed by atoms with E-state index in [1.54, 1.807) is 13.8 Å². The molecular weight excluding hydrogens is 763 g/mol. The van der Waals surface area contributed by atoms with Crippen molar-refractivity contribution in [2.24, 2.45) is 11.7 Å². The Labute approximate surface area is 321 Å². The van der Waals surface area contributed by atoms with Gasteiger partial charge in [-0.1, -0.05) is 26.0 Å². The van der Waals surface area contributed by atoms with Gasteiger partial charge in [0.2, 0.25) is 29.5 Å². The minimum Gasteiger partial charge on any atom is -0.480 e. The average Bonchev–Trinajstić information content (AvgIpc) is 3.59. The lowest BCUT2D eigenvalue weighted by Crippen LogP contribution is -2.63. The van der Waals surface area contributed by atoms with Crippen molar-refractivity contribution >= 4 is 43.3 Å². The van der Waals surface area contributed by atoms with E-state index in [0.717, 1.165) is 26.0 Å². The summed E-state index contributed by atoms with van der Waals surface area (Å²) >= 11 is 0. The van der Waals surface area contributed by atoms with Crippen LogP contribution in [0.5, 0.6) is 5.75 Å². The highest BCUT2D eigenvalue weighted by molar-refractivity contribution is 7.46. The third kappa shape index (κ3) is 15.6. The number of phosphoric acid groups is 1. The van der Waals surface area contributed by atoms with E-state index in [4.69, 9.17) is 15.5 Å². The van der Waals surface area contributed by atoms with Crippen molar-refractivity contribution < 1.29 is 68.1 Å². The number of nitrogens with zero attached hydrogens (tertiary/aromatic N) is 1. The molecule has 0 spiro atoms. The van der Waals surface area contributed by atoms with Gasteiger partial charge in [-0.2, -0.15) is 0 Å². The lowest BCUT2D eigenvalue weighted by atomic mass is 10.0. The van der Waals surface area contributed by atoms with Crippen molar-refractivity contribution in [1.29, 1.82) is 0 Å². The second kappa shape index (κ2) is 21.4. The number of nitrogens with one attached hydrogen (secondary N) is 6. The number of imidazole rings is 1. The molecule has 0 unspecified atom stereocenters. The number of aliphatic carboxylic acids is 1. The molecule has 0 bridgehead atoms. The molecule has 5 amide bonds. The van der Waals surface area contributed by atoms with Gasteiger partial charge in [0, 0.05) is 24.7 Å². The van der Waals surface area contributed by atoms with Gasteiger partial charge in [0.25, 0.3) is 0 Å². The van der Waals surface area contributed by atoms with E-state index in [2.05, 4.69) is 41.1 Å². The Bertz CT molecular complexity index is 1680. The van der Waals surface area contributed by atoms with Crippen molar-refractivity contribution in [1.82, 2.24) is 36.6 Å². The van der Waals surface area contributed by atoms with E-state index in [0.29, 0.717) is 5.69 Å². The van der Waals surface area contributed by atoms with Crippen LogP contribution in [-0.4, -0.2) is 130 Å². The van der Waals surface area contributed by atoms with Gasteiger partial charge in [-0.05, 0) is 50.8 Å². The third-order valence-electron chi connectivity index (χ3n) is 8.06. The van der Waals surface area contributed by atoms with Crippen LogP contribution in [0.1, 0.15) is 52.3 Å². The molecule has 0 aliphatic heterocycles. The van der Waals surface area contributed by atoms with Crippen molar-refractivity contribution in [3.63, 3.8) is 0 Å². The summed E-state index contributed by atoms with van der Waals surface area (Å²) in [5.41, 5.74) is 6.74. The number of amides is 5. The van der Waals surface area contributed by atoms with Crippen LogP contribution in [0, 0.1) is 5.92 Å². The lowest BCUT2D eigenvalue weighted by Gasteiger charge is -2.29. The number of carbonyl (C=O) groups excluding carboxylic acids is 5. The van der Waals surface area contributed by atoms with Crippen LogP contribution in [-0.2, 0) is 46.2 Å². The van der Waals surface area contributed by atoms with E-state index in [1.165, 1.54) is 31.6 Å². The summed E-state index contributed by atoms with van der Waals surface area (Å²) in [4.78, 5) is 103. The molecule has 23 heteroatoms. The highest BCUT2D eigenvalue weighted by Crippen LogP contribution is 2.37. The van der Waals surface area contributed by atoms with E-state index < -0.39 is 97.9 Å². The van der Waals surface area contributed by atoms with Crippen LogP contribution in [0.25, 0.3) is 0 Å². The number of carbonyl (C=O) groups is 6. The number of benzene rings is 1. The zero-order chi connectivity index (χ0) is 42.5. The van der Waals surface area contributed by atoms with Crippen molar-refractivity contribution in [3.05, 3.63) is 48.0 Å². The van der Waals surface area contributed by atoms with Crippen molar-refractivity contribution in [2.75, 3.05) is 0 Å². The Hall–Kier alpha value is -4.96. The molecule has 9 atom stereocenters. The molecule has 0 saturated carbocycles. The second-order valence-electron chi connectivity index (χ2n) is 13.6. The molecule has 1 heterocycles. The van der Waals surface area contributed by atoms with Gasteiger partial charge in [-0.25, -0.2) is 14.3 Å². The molecule has 2 rings (SSSR count). The number of aliphatic hydroxyl groups is 3. The largest absolute Gasteiger partial charge is 0.524 e. The van der Waals surface area contributed by atoms with Crippen molar-refractivity contribution in [2.45, 2.75) is 108 Å². The van der Waals surface area contributed by atoms with Gasteiger partial charge in [-0.15, -0.1) is 0 Å². The summed E-state index contributed by atoms with van der Waals surface area (Å²) < 4.78 is 15.8. The zero-order valence-corrected chi connectivity index (χ0v) is 32.2. The molecule has 0 radical (unpaired) electrons. The number of phosphoric ester groups is 1. The molecular formula is C33H51N8O14P. The molecule has 0 aliphatic carbocycles. The molecule has 14 N–H and O–H groups in total. The summed E-state index contributed by atoms with van der Waals surface area (Å²) in [6, 6.07) is -4.52. The predicted octanol–water partition coefficient (Wildman–Crippen LogP) is -3.31. The van der Waals surface area contributed by atoms with Crippen molar-refractivity contribution in [3.8, 4) is 5.75 Å². The Morgan fingerprint density at radius 2 is 1.20 bits per heavy atom. The van der Waals surface area contributed by atoms with E-state index in [9.17, 15) is 53.8 Å². The van der Waals surface area contributed by atoms with E-state index >= 15 is 0 Å². The normalized spacial score (nSPS) is 16.4. The predicted molar refractivity (Wildman–Crippen MR) is 195 cm³/mol. The molecule has 56 heavy (non-hydrogen) atoms. The number of H-pyrrole nitrogens is 1. The number of carboxylic acids is 1. The highest BCUT2D eigenvalue weighted by Gasteiger charge is 2.37. The fourth-order valence-corrected chi connectivity index (χ4v) is 5.58. The van der Waals surface area contributed by atoms with Gasteiger partial charge >= 0.3 is 13.8 Å². The molecule has 22 nitrogen and oxygen atoms in total. The number of aromatic nitrogens is 2. The maximum Gasteiger partial charge on any atom is 0.524 e. The summed E-state index contributed by atoms with van der Waals surface area (Å²) in [5.74, 6) is -7.03. The topological polar surface area (TPSA) is 365 Å². The summed E-state index contributed by atoms with van der Waals surface area (Å²) in [5, 5.41) is 52.3. The summed E-state index contributed by atoms with van der Waals surface area (Å²) in [6.45, 7) is 6.88. The number of hydrogen-bond donors (Lipinski definition) is 13. The number of rotatable bonds is 22. The molecule has 1 aromatic carbocycles. The smallest absolute Gasteiger partial charge is 0.480 e. The first-order valence-electron chi connectivity index (χ1n) is 17.3. The van der Waals surface area contributed by atoms with Crippen LogP contribution in [0.15, 0.2) is 36.8 Å². The van der Waals surface area contributed by atoms with E-state index in [1.807, 2.05) is 0 Å². The van der Waals surface area contributed by atoms with Gasteiger partial charge in [0.1, 0.15) is 36.0 Å². The lowest BCUT2D eigenvalue weighted by molar-refractivity contribution is -0.143. The standard InChI is InChI=1S/C33H51N8O14P/c1-15(2)10-24(33(50)51)38-31(48)26(17(4)43)41-32(49)27(18(5)44)40-29(46)23(11-19-6-8-21(9-7-19)55-56(52,53)54)37-30(47)25(16(3)42)39-28(45)22(34)12-20-13-35-14-36-20/h6-9,13-18,22-27,42-44H,10-12,34H2,1-5H3,(H,35,36)(H,37,47)(H,38,48)(H,39,45)(H,40,46)(H,41,49)(H,50,51)(H2,52,53,54)/t16-,17-,18-,22+,23+,24+,25+,26+,27+/m1/s1. The molecule has 1 aromatic heterocycles. The number of hydrogen-bond acceptors (Lipinski definition) is 13. The van der Waals surface area contributed by atoms with Crippen LogP contribution in [0.4, 0.5) is 0 Å². The van der Waals surface area contributed by atoms with Crippen LogP contribution >= 0.6 is 7.82 Å². The second-order valence-corrected chi connectivity index (χ2v) is 14.8. The monoisotopic (exact) mass is 814 g/mol. The number of aromatic amines is 1. The first-order valence-corrected chi connectivity index (χ1v) is 18.9. The number of nitrogens with two attached hydrogens (primary N) is 1. The third-order valence-corrected chi connectivity index (χ3v) is 8.51. The fraction of sp³-hybridized carbons (Fsp3) is 0.545. The maximum absolute atomic E-state index is 13.8. The minimum absolute atomic E-state index is 0.00873. The SMILES string of the molecule is CC(C)C[C@H](NC(=O)[C@@H](NC(=O)[C@@H](NC(=O)[C@H](Cc1ccc(OP(=O)(O)O)cc1)NC(=O)[C@@H](NC(=O)[C@@H](N)Cc1cnc[nH]1)[C@@H](C)O)[C@@H](C)O)[C@@H](C)O)C(=O)O.